The zero-order valence-corrected chi connectivity index (χ0v) is 18.0. The van der Waals surface area contributed by atoms with Crippen molar-refractivity contribution >= 4 is 11.8 Å². The van der Waals surface area contributed by atoms with Gasteiger partial charge in [-0.05, 0) is 42.8 Å². The van der Waals surface area contributed by atoms with Gasteiger partial charge in [-0.15, -0.1) is 10.2 Å². The summed E-state index contributed by atoms with van der Waals surface area (Å²) in [5.74, 6) is 2.38. The summed E-state index contributed by atoms with van der Waals surface area (Å²) >= 11 is 1.48. The van der Waals surface area contributed by atoms with Crippen LogP contribution in [0, 0.1) is 6.92 Å². The third kappa shape index (κ3) is 4.00. The smallest absolute Gasteiger partial charge is 0.237 e. The van der Waals surface area contributed by atoms with Crippen molar-refractivity contribution in [1.29, 1.82) is 0 Å². The number of aromatic nitrogens is 5. The molecule has 5 rings (SSSR count). The van der Waals surface area contributed by atoms with Gasteiger partial charge in [0.1, 0.15) is 5.75 Å². The van der Waals surface area contributed by atoms with E-state index in [-0.39, 0.29) is 5.75 Å². The number of rotatable bonds is 6. The third-order valence-corrected chi connectivity index (χ3v) is 5.85. The van der Waals surface area contributed by atoms with E-state index < -0.39 is 0 Å². The number of hydrogen-bond donors (Lipinski definition) is 1. The van der Waals surface area contributed by atoms with E-state index in [4.69, 9.17) is 4.52 Å². The standard InChI is InChI=1S/C24H19N5O2S/c1-16-7-5-6-10-20(16)29-23(18-8-3-2-4-9-18)26-27-24(29)32-15-21-25-22(28-31-21)17-11-13-19(30)14-12-17/h2-14,30H,15H2,1H3. The van der Waals surface area contributed by atoms with Gasteiger partial charge in [-0.2, -0.15) is 4.98 Å². The molecule has 0 bridgehead atoms. The molecule has 2 heterocycles. The van der Waals surface area contributed by atoms with Crippen molar-refractivity contribution in [3.05, 3.63) is 90.3 Å². The van der Waals surface area contributed by atoms with Crippen LogP contribution in [0.5, 0.6) is 5.75 Å². The SMILES string of the molecule is Cc1ccccc1-n1c(SCc2nc(-c3ccc(O)cc3)no2)nnc1-c1ccccc1. The number of aromatic hydroxyl groups is 1. The fraction of sp³-hybridized carbons (Fsp3) is 0.0833. The third-order valence-electron chi connectivity index (χ3n) is 4.94. The highest BCUT2D eigenvalue weighted by Crippen LogP contribution is 2.31. The van der Waals surface area contributed by atoms with Gasteiger partial charge in [0, 0.05) is 11.1 Å². The van der Waals surface area contributed by atoms with Gasteiger partial charge in [0.25, 0.3) is 0 Å². The highest BCUT2D eigenvalue weighted by Gasteiger charge is 2.18. The van der Waals surface area contributed by atoms with Gasteiger partial charge >= 0.3 is 0 Å². The highest BCUT2D eigenvalue weighted by molar-refractivity contribution is 7.98. The maximum Gasteiger partial charge on any atom is 0.237 e. The van der Waals surface area contributed by atoms with E-state index in [1.165, 1.54) is 11.8 Å². The molecule has 0 aliphatic rings. The summed E-state index contributed by atoms with van der Waals surface area (Å²) in [5, 5.41) is 23.2. The van der Waals surface area contributed by atoms with E-state index in [1.54, 1.807) is 24.3 Å². The molecule has 0 saturated carbocycles. The molecule has 7 nitrogen and oxygen atoms in total. The quantitative estimate of drug-likeness (QED) is 0.358. The summed E-state index contributed by atoms with van der Waals surface area (Å²) in [6.07, 6.45) is 0. The molecule has 0 aliphatic carbocycles. The molecule has 8 heteroatoms. The summed E-state index contributed by atoms with van der Waals surface area (Å²) < 4.78 is 7.49. The first-order valence-corrected chi connectivity index (χ1v) is 11.0. The average Bonchev–Trinajstić information content (AvgIpc) is 3.46. The molecule has 5 aromatic rings. The van der Waals surface area contributed by atoms with Crippen LogP contribution in [-0.2, 0) is 5.75 Å². The van der Waals surface area contributed by atoms with Crippen LogP contribution in [0.3, 0.4) is 0 Å². The van der Waals surface area contributed by atoms with Crippen molar-refractivity contribution in [2.75, 3.05) is 0 Å². The molecule has 0 unspecified atom stereocenters. The molecule has 0 aliphatic heterocycles. The molecular formula is C24H19N5O2S. The first-order chi connectivity index (χ1) is 15.7. The Bertz CT molecular complexity index is 1350. The summed E-state index contributed by atoms with van der Waals surface area (Å²) in [7, 11) is 0. The normalized spacial score (nSPS) is 11.0. The molecule has 0 spiro atoms. The minimum atomic E-state index is 0.192. The first-order valence-electron chi connectivity index (χ1n) is 10.0. The molecule has 32 heavy (non-hydrogen) atoms. The van der Waals surface area contributed by atoms with Gasteiger partial charge < -0.3 is 9.63 Å². The minimum absolute atomic E-state index is 0.192. The Labute approximate surface area is 188 Å². The topological polar surface area (TPSA) is 89.9 Å². The van der Waals surface area contributed by atoms with Crippen LogP contribution in [0.25, 0.3) is 28.5 Å². The Morgan fingerprint density at radius 1 is 0.875 bits per heavy atom. The number of phenols is 1. The number of nitrogens with zero attached hydrogens (tertiary/aromatic N) is 5. The molecule has 0 fully saturated rings. The molecule has 2 aromatic heterocycles. The zero-order valence-electron chi connectivity index (χ0n) is 17.2. The molecule has 1 N–H and O–H groups in total. The molecule has 0 atom stereocenters. The fourth-order valence-electron chi connectivity index (χ4n) is 3.34. The monoisotopic (exact) mass is 441 g/mol. The second-order valence-electron chi connectivity index (χ2n) is 7.14. The van der Waals surface area contributed by atoms with Crippen molar-refractivity contribution in [2.24, 2.45) is 0 Å². The van der Waals surface area contributed by atoms with Crippen molar-refractivity contribution in [3.8, 4) is 34.2 Å². The van der Waals surface area contributed by atoms with Crippen molar-refractivity contribution < 1.29 is 9.63 Å². The fourth-order valence-corrected chi connectivity index (χ4v) is 4.12. The van der Waals surface area contributed by atoms with Gasteiger partial charge in [0.2, 0.25) is 11.7 Å². The van der Waals surface area contributed by atoms with Gasteiger partial charge in [-0.1, -0.05) is 65.4 Å². The lowest BCUT2D eigenvalue weighted by Gasteiger charge is -2.12. The van der Waals surface area contributed by atoms with Gasteiger partial charge in [0.05, 0.1) is 11.4 Å². The van der Waals surface area contributed by atoms with E-state index in [2.05, 4.69) is 44.0 Å². The Hall–Kier alpha value is -3.91. The average molecular weight is 442 g/mol. The Morgan fingerprint density at radius 2 is 1.62 bits per heavy atom. The Kier molecular flexibility index (Phi) is 5.43. The van der Waals surface area contributed by atoms with Crippen LogP contribution in [0.1, 0.15) is 11.5 Å². The van der Waals surface area contributed by atoms with Crippen LogP contribution < -0.4 is 0 Å². The van der Waals surface area contributed by atoms with Crippen molar-refractivity contribution in [3.63, 3.8) is 0 Å². The number of phenolic OH excluding ortho intramolecular Hbond substituents is 1. The number of para-hydroxylation sites is 1. The molecule has 3 aromatic carbocycles. The first kappa shape index (κ1) is 20.0. The van der Waals surface area contributed by atoms with Crippen LogP contribution in [0.15, 0.2) is 88.5 Å². The molecule has 0 saturated heterocycles. The lowest BCUT2D eigenvalue weighted by molar-refractivity contribution is 0.391. The Morgan fingerprint density at radius 3 is 2.41 bits per heavy atom. The zero-order chi connectivity index (χ0) is 21.9. The van der Waals surface area contributed by atoms with Gasteiger partial charge in [0.15, 0.2) is 11.0 Å². The Balaban J connectivity index is 1.45. The van der Waals surface area contributed by atoms with Crippen molar-refractivity contribution in [2.45, 2.75) is 17.8 Å². The summed E-state index contributed by atoms with van der Waals surface area (Å²) in [6, 6.07) is 24.8. The van der Waals surface area contributed by atoms with Crippen LogP contribution >= 0.6 is 11.8 Å². The van der Waals surface area contributed by atoms with E-state index in [9.17, 15) is 5.11 Å². The molecule has 158 valence electrons. The van der Waals surface area contributed by atoms with Crippen LogP contribution in [-0.4, -0.2) is 30.0 Å². The predicted octanol–water partition coefficient (Wildman–Crippen LogP) is 5.29. The van der Waals surface area contributed by atoms with Crippen LogP contribution in [0.4, 0.5) is 0 Å². The lowest BCUT2D eigenvalue weighted by Crippen LogP contribution is -2.02. The summed E-state index contributed by atoms with van der Waals surface area (Å²) in [4.78, 5) is 4.47. The van der Waals surface area contributed by atoms with E-state index in [0.717, 1.165) is 33.4 Å². The predicted molar refractivity (Wildman–Crippen MR) is 122 cm³/mol. The van der Waals surface area contributed by atoms with E-state index in [0.29, 0.717) is 17.5 Å². The maximum atomic E-state index is 9.46. The number of benzene rings is 3. The molecular weight excluding hydrogens is 422 g/mol. The highest BCUT2D eigenvalue weighted by atomic mass is 32.2. The molecule has 0 radical (unpaired) electrons. The number of hydrogen-bond acceptors (Lipinski definition) is 7. The largest absolute Gasteiger partial charge is 0.508 e. The summed E-state index contributed by atoms with van der Waals surface area (Å²) in [6.45, 7) is 2.07. The van der Waals surface area contributed by atoms with E-state index >= 15 is 0 Å². The van der Waals surface area contributed by atoms with Gasteiger partial charge in [-0.3, -0.25) is 4.57 Å². The number of thioether (sulfide) groups is 1. The van der Waals surface area contributed by atoms with Crippen LogP contribution in [0.2, 0.25) is 0 Å². The minimum Gasteiger partial charge on any atom is -0.508 e. The second-order valence-corrected chi connectivity index (χ2v) is 8.08. The number of aryl methyl sites for hydroxylation is 1. The van der Waals surface area contributed by atoms with E-state index in [1.807, 2.05) is 42.5 Å². The van der Waals surface area contributed by atoms with Crippen molar-refractivity contribution in [1.82, 2.24) is 24.9 Å². The van der Waals surface area contributed by atoms with Gasteiger partial charge in [-0.25, -0.2) is 0 Å². The maximum absolute atomic E-state index is 9.46. The second kappa shape index (κ2) is 8.68. The molecule has 0 amide bonds. The lowest BCUT2D eigenvalue weighted by atomic mass is 10.1. The summed E-state index contributed by atoms with van der Waals surface area (Å²) in [5.41, 5.74) is 3.91.